The van der Waals surface area contributed by atoms with Crippen LogP contribution in [0.1, 0.15) is 10.4 Å². The van der Waals surface area contributed by atoms with E-state index in [9.17, 15) is 4.79 Å². The Balaban J connectivity index is 2.46. The van der Waals surface area contributed by atoms with Crippen molar-refractivity contribution in [3.05, 3.63) is 36.2 Å². The van der Waals surface area contributed by atoms with E-state index in [0.29, 0.717) is 17.0 Å². The first kappa shape index (κ1) is 8.43. The van der Waals surface area contributed by atoms with Crippen molar-refractivity contribution in [3.63, 3.8) is 0 Å². The zero-order valence-corrected chi connectivity index (χ0v) is 7.18. The fourth-order valence-electron chi connectivity index (χ4n) is 1.10. The number of primary amides is 1. The largest absolute Gasteiger partial charge is 0.423 e. The summed E-state index contributed by atoms with van der Waals surface area (Å²) >= 11 is 0. The van der Waals surface area contributed by atoms with Crippen LogP contribution in [0, 0.1) is 0 Å². The number of amides is 1. The third-order valence-electron chi connectivity index (χ3n) is 1.75. The number of hydrogen-bond acceptors (Lipinski definition) is 4. The van der Waals surface area contributed by atoms with Gasteiger partial charge in [0.1, 0.15) is 0 Å². The summed E-state index contributed by atoms with van der Waals surface area (Å²) < 4.78 is 4.98. The van der Waals surface area contributed by atoms with Crippen molar-refractivity contribution in [1.29, 1.82) is 0 Å². The molecule has 0 spiro atoms. The van der Waals surface area contributed by atoms with Gasteiger partial charge in [0.05, 0.1) is 0 Å². The average Bonchev–Trinajstić information content (AvgIpc) is 2.71. The topological polar surface area (TPSA) is 82.0 Å². The van der Waals surface area contributed by atoms with Gasteiger partial charge in [0.2, 0.25) is 18.2 Å². The summed E-state index contributed by atoms with van der Waals surface area (Å²) in [7, 11) is 0. The normalized spacial score (nSPS) is 10.0. The number of benzene rings is 1. The van der Waals surface area contributed by atoms with Crippen molar-refractivity contribution in [2.45, 2.75) is 0 Å². The first-order chi connectivity index (χ1) is 6.77. The zero-order valence-electron chi connectivity index (χ0n) is 7.18. The quantitative estimate of drug-likeness (QED) is 0.758. The second-order valence-corrected chi connectivity index (χ2v) is 2.69. The summed E-state index contributed by atoms with van der Waals surface area (Å²) in [5.74, 6) is -0.112. The SMILES string of the molecule is NC(=O)c1cccc(-c2nnco2)c1. The Hall–Kier alpha value is -2.17. The summed E-state index contributed by atoms with van der Waals surface area (Å²) in [5.41, 5.74) is 6.23. The predicted octanol–water partition coefficient (Wildman–Crippen LogP) is 0.836. The molecule has 2 rings (SSSR count). The summed E-state index contributed by atoms with van der Waals surface area (Å²) in [6.45, 7) is 0. The van der Waals surface area contributed by atoms with Crippen LogP contribution in [-0.4, -0.2) is 16.1 Å². The van der Waals surface area contributed by atoms with Gasteiger partial charge in [0.25, 0.3) is 0 Å². The molecule has 0 atom stereocenters. The molecular weight excluding hydrogens is 182 g/mol. The lowest BCUT2D eigenvalue weighted by Gasteiger charge is -1.97. The number of nitrogens with zero attached hydrogens (tertiary/aromatic N) is 2. The van der Waals surface area contributed by atoms with E-state index in [1.807, 2.05) is 0 Å². The van der Waals surface area contributed by atoms with E-state index < -0.39 is 5.91 Å². The maximum Gasteiger partial charge on any atom is 0.248 e. The van der Waals surface area contributed by atoms with Crippen molar-refractivity contribution in [3.8, 4) is 11.5 Å². The average molecular weight is 189 g/mol. The fourth-order valence-corrected chi connectivity index (χ4v) is 1.10. The Morgan fingerprint density at radius 1 is 1.43 bits per heavy atom. The van der Waals surface area contributed by atoms with E-state index >= 15 is 0 Å². The molecule has 2 aromatic rings. The minimum atomic E-state index is -0.480. The van der Waals surface area contributed by atoms with Crippen molar-refractivity contribution in [2.75, 3.05) is 0 Å². The van der Waals surface area contributed by atoms with Crippen molar-refractivity contribution >= 4 is 5.91 Å². The van der Waals surface area contributed by atoms with E-state index in [0.717, 1.165) is 0 Å². The molecule has 0 aliphatic carbocycles. The smallest absolute Gasteiger partial charge is 0.248 e. The van der Waals surface area contributed by atoms with E-state index in [4.69, 9.17) is 10.2 Å². The van der Waals surface area contributed by atoms with Gasteiger partial charge in [0.15, 0.2) is 0 Å². The Morgan fingerprint density at radius 3 is 2.93 bits per heavy atom. The van der Waals surface area contributed by atoms with Crippen LogP contribution in [0.3, 0.4) is 0 Å². The molecule has 0 radical (unpaired) electrons. The van der Waals surface area contributed by atoms with Crippen LogP contribution in [0.5, 0.6) is 0 Å². The maximum atomic E-state index is 10.9. The van der Waals surface area contributed by atoms with Crippen LogP contribution in [0.15, 0.2) is 35.1 Å². The standard InChI is InChI=1S/C9H7N3O2/c10-8(13)6-2-1-3-7(4-6)9-12-11-5-14-9/h1-5H,(H2,10,13). The molecule has 5 nitrogen and oxygen atoms in total. The van der Waals surface area contributed by atoms with Crippen molar-refractivity contribution < 1.29 is 9.21 Å². The lowest BCUT2D eigenvalue weighted by molar-refractivity contribution is 0.100. The number of carbonyl (C=O) groups is 1. The molecule has 1 aromatic carbocycles. The molecule has 1 heterocycles. The second-order valence-electron chi connectivity index (χ2n) is 2.69. The number of rotatable bonds is 2. The minimum absolute atomic E-state index is 0.369. The third kappa shape index (κ3) is 1.47. The Bertz CT molecular complexity index is 451. The highest BCUT2D eigenvalue weighted by Gasteiger charge is 2.06. The molecule has 1 amide bonds. The molecule has 0 aliphatic rings. The van der Waals surface area contributed by atoms with E-state index in [1.54, 1.807) is 24.3 Å². The van der Waals surface area contributed by atoms with Gasteiger partial charge in [-0.15, -0.1) is 10.2 Å². The summed E-state index contributed by atoms with van der Waals surface area (Å²) in [4.78, 5) is 10.9. The monoisotopic (exact) mass is 189 g/mol. The van der Waals surface area contributed by atoms with Gasteiger partial charge >= 0.3 is 0 Å². The van der Waals surface area contributed by atoms with Gasteiger partial charge in [-0.3, -0.25) is 4.79 Å². The molecule has 0 bridgehead atoms. The summed E-state index contributed by atoms with van der Waals surface area (Å²) in [6.07, 6.45) is 1.23. The van der Waals surface area contributed by atoms with Gasteiger partial charge in [-0.05, 0) is 18.2 Å². The van der Waals surface area contributed by atoms with Crippen molar-refractivity contribution in [1.82, 2.24) is 10.2 Å². The highest BCUT2D eigenvalue weighted by atomic mass is 16.4. The lowest BCUT2D eigenvalue weighted by Crippen LogP contribution is -2.10. The van der Waals surface area contributed by atoms with Crippen LogP contribution in [0.25, 0.3) is 11.5 Å². The highest BCUT2D eigenvalue weighted by Crippen LogP contribution is 2.16. The Kier molecular flexibility index (Phi) is 1.98. The van der Waals surface area contributed by atoms with Crippen LogP contribution in [0.2, 0.25) is 0 Å². The molecule has 0 aliphatic heterocycles. The summed E-state index contributed by atoms with van der Waals surface area (Å²) in [6, 6.07) is 6.71. The molecule has 0 saturated heterocycles. The molecule has 70 valence electrons. The molecule has 1 aromatic heterocycles. The Labute approximate surface area is 79.6 Å². The first-order valence-corrected chi connectivity index (χ1v) is 3.94. The molecule has 0 fully saturated rings. The maximum absolute atomic E-state index is 10.9. The first-order valence-electron chi connectivity index (χ1n) is 3.94. The molecule has 0 saturated carbocycles. The molecular formula is C9H7N3O2. The number of carbonyl (C=O) groups excluding carboxylic acids is 1. The molecule has 0 unspecified atom stereocenters. The third-order valence-corrected chi connectivity index (χ3v) is 1.75. The van der Waals surface area contributed by atoms with Crippen LogP contribution >= 0.6 is 0 Å². The zero-order chi connectivity index (χ0) is 9.97. The lowest BCUT2D eigenvalue weighted by atomic mass is 10.1. The van der Waals surface area contributed by atoms with Gasteiger partial charge in [-0.2, -0.15) is 0 Å². The van der Waals surface area contributed by atoms with E-state index in [-0.39, 0.29) is 0 Å². The second kappa shape index (κ2) is 3.29. The number of hydrogen-bond donors (Lipinski definition) is 1. The molecule has 5 heteroatoms. The van der Waals surface area contributed by atoms with Gasteiger partial charge in [0, 0.05) is 11.1 Å². The highest BCUT2D eigenvalue weighted by molar-refractivity contribution is 5.93. The fraction of sp³-hybridized carbons (Fsp3) is 0. The van der Waals surface area contributed by atoms with E-state index in [2.05, 4.69) is 10.2 Å². The minimum Gasteiger partial charge on any atom is -0.423 e. The van der Waals surface area contributed by atoms with Gasteiger partial charge in [-0.1, -0.05) is 6.07 Å². The van der Waals surface area contributed by atoms with Crippen LogP contribution in [-0.2, 0) is 0 Å². The van der Waals surface area contributed by atoms with Gasteiger partial charge < -0.3 is 10.2 Å². The molecule has 2 N–H and O–H groups in total. The summed E-state index contributed by atoms with van der Waals surface area (Å²) in [5, 5.41) is 7.26. The molecule has 14 heavy (non-hydrogen) atoms. The number of nitrogens with two attached hydrogens (primary N) is 1. The number of aromatic nitrogens is 2. The van der Waals surface area contributed by atoms with Crippen LogP contribution < -0.4 is 5.73 Å². The van der Waals surface area contributed by atoms with Crippen molar-refractivity contribution in [2.24, 2.45) is 5.73 Å². The van der Waals surface area contributed by atoms with Crippen LogP contribution in [0.4, 0.5) is 0 Å². The van der Waals surface area contributed by atoms with E-state index in [1.165, 1.54) is 6.39 Å². The predicted molar refractivity (Wildman–Crippen MR) is 48.3 cm³/mol. The Morgan fingerprint density at radius 2 is 2.29 bits per heavy atom. The van der Waals surface area contributed by atoms with Gasteiger partial charge in [-0.25, -0.2) is 0 Å².